The minimum absolute atomic E-state index is 0.0242. The number of nitrogens with zero attached hydrogens (tertiary/aromatic N) is 1. The van der Waals surface area contributed by atoms with Crippen molar-refractivity contribution < 1.29 is 12.8 Å². The van der Waals surface area contributed by atoms with E-state index in [2.05, 4.69) is 4.72 Å². The number of allylic oxidation sites excluding steroid dienone is 1. The number of rotatable bonds is 5. The van der Waals surface area contributed by atoms with Crippen molar-refractivity contribution in [3.05, 3.63) is 41.7 Å². The second kappa shape index (κ2) is 6.50. The summed E-state index contributed by atoms with van der Waals surface area (Å²) >= 11 is 5.38. The highest BCUT2D eigenvalue weighted by atomic mass is 35.5. The SMILES string of the molecule is N#Cc1c(F)cccc1S(=O)(=O)NC/C=C/CCl. The highest BCUT2D eigenvalue weighted by Gasteiger charge is 2.20. The van der Waals surface area contributed by atoms with Gasteiger partial charge in [0.05, 0.1) is 0 Å². The summed E-state index contributed by atoms with van der Waals surface area (Å²) < 4.78 is 39.2. The van der Waals surface area contributed by atoms with Crippen molar-refractivity contribution in [1.29, 1.82) is 5.26 Å². The maximum atomic E-state index is 13.3. The summed E-state index contributed by atoms with van der Waals surface area (Å²) in [6.07, 6.45) is 3.09. The van der Waals surface area contributed by atoms with Gasteiger partial charge in [-0.3, -0.25) is 0 Å². The van der Waals surface area contributed by atoms with Crippen LogP contribution in [-0.2, 0) is 10.0 Å². The third-order valence-corrected chi connectivity index (χ3v) is 3.67. The van der Waals surface area contributed by atoms with Crippen LogP contribution in [0.3, 0.4) is 0 Å². The first-order valence-corrected chi connectivity index (χ1v) is 6.94. The lowest BCUT2D eigenvalue weighted by Gasteiger charge is -2.06. The van der Waals surface area contributed by atoms with E-state index in [1.165, 1.54) is 24.3 Å². The number of nitrogens with one attached hydrogen (secondary N) is 1. The van der Waals surface area contributed by atoms with E-state index in [-0.39, 0.29) is 17.3 Å². The summed E-state index contributed by atoms with van der Waals surface area (Å²) in [5.74, 6) is -0.595. The van der Waals surface area contributed by atoms with Crippen LogP contribution in [0.2, 0.25) is 0 Å². The van der Waals surface area contributed by atoms with Gasteiger partial charge in [-0.25, -0.2) is 17.5 Å². The molecule has 0 radical (unpaired) electrons. The van der Waals surface area contributed by atoms with Gasteiger partial charge in [0.25, 0.3) is 0 Å². The minimum atomic E-state index is -3.91. The quantitative estimate of drug-likeness (QED) is 0.663. The molecule has 0 atom stereocenters. The molecule has 7 heteroatoms. The molecule has 0 fully saturated rings. The van der Waals surface area contributed by atoms with Gasteiger partial charge in [0.2, 0.25) is 10.0 Å². The third kappa shape index (κ3) is 3.53. The summed E-state index contributed by atoms with van der Waals surface area (Å²) in [7, 11) is -3.91. The van der Waals surface area contributed by atoms with Crippen molar-refractivity contribution in [2.24, 2.45) is 0 Å². The standard InChI is InChI=1S/C11H10ClFN2O2S/c12-6-1-2-7-15-18(16,17)11-5-3-4-10(13)9(11)8-14/h1-5,15H,6-7H2/b2-1+. The van der Waals surface area contributed by atoms with Crippen LogP contribution in [-0.4, -0.2) is 20.8 Å². The van der Waals surface area contributed by atoms with Gasteiger partial charge in [0, 0.05) is 12.4 Å². The fourth-order valence-electron chi connectivity index (χ4n) is 1.22. The normalized spacial score (nSPS) is 11.6. The van der Waals surface area contributed by atoms with E-state index in [0.717, 1.165) is 6.07 Å². The van der Waals surface area contributed by atoms with Crippen molar-refractivity contribution in [3.8, 4) is 6.07 Å². The van der Waals surface area contributed by atoms with Crippen molar-refractivity contribution in [3.63, 3.8) is 0 Å². The Morgan fingerprint density at radius 3 is 2.78 bits per heavy atom. The average Bonchev–Trinajstić information content (AvgIpc) is 2.34. The van der Waals surface area contributed by atoms with E-state index < -0.39 is 21.4 Å². The van der Waals surface area contributed by atoms with Gasteiger partial charge in [-0.2, -0.15) is 5.26 Å². The summed E-state index contributed by atoms with van der Waals surface area (Å²) in [6, 6.07) is 4.98. The van der Waals surface area contributed by atoms with Crippen LogP contribution in [0.15, 0.2) is 35.2 Å². The Kier molecular flexibility index (Phi) is 5.28. The zero-order valence-corrected chi connectivity index (χ0v) is 10.8. The zero-order chi connectivity index (χ0) is 13.6. The van der Waals surface area contributed by atoms with Gasteiger partial charge in [-0.05, 0) is 12.1 Å². The molecule has 0 saturated carbocycles. The predicted molar refractivity (Wildman–Crippen MR) is 66.2 cm³/mol. The lowest BCUT2D eigenvalue weighted by molar-refractivity contribution is 0.580. The molecule has 0 aliphatic carbocycles. The van der Waals surface area contributed by atoms with Gasteiger partial charge in [-0.15, -0.1) is 11.6 Å². The number of sulfonamides is 1. The molecule has 1 N–H and O–H groups in total. The number of benzene rings is 1. The molecule has 4 nitrogen and oxygen atoms in total. The highest BCUT2D eigenvalue weighted by Crippen LogP contribution is 2.17. The molecule has 0 aliphatic rings. The van der Waals surface area contributed by atoms with E-state index in [9.17, 15) is 12.8 Å². The summed E-state index contributed by atoms with van der Waals surface area (Å²) in [4.78, 5) is -0.371. The van der Waals surface area contributed by atoms with Gasteiger partial charge >= 0.3 is 0 Å². The Labute approximate surface area is 110 Å². The highest BCUT2D eigenvalue weighted by molar-refractivity contribution is 7.89. The first-order valence-electron chi connectivity index (χ1n) is 4.92. The fourth-order valence-corrected chi connectivity index (χ4v) is 2.49. The van der Waals surface area contributed by atoms with Crippen LogP contribution in [0.5, 0.6) is 0 Å². The Morgan fingerprint density at radius 2 is 2.17 bits per heavy atom. The van der Waals surface area contributed by atoms with E-state index in [1.54, 1.807) is 6.08 Å². The molecule has 0 spiro atoms. The molecular formula is C11H10ClFN2O2S. The molecule has 0 saturated heterocycles. The molecule has 0 aliphatic heterocycles. The average molecular weight is 289 g/mol. The molecule has 0 unspecified atom stereocenters. The van der Waals surface area contributed by atoms with E-state index >= 15 is 0 Å². The maximum absolute atomic E-state index is 13.3. The van der Waals surface area contributed by atoms with Gasteiger partial charge in [0.1, 0.15) is 22.3 Å². The van der Waals surface area contributed by atoms with Crippen molar-refractivity contribution in [1.82, 2.24) is 4.72 Å². The van der Waals surface area contributed by atoms with Crippen molar-refractivity contribution in [2.75, 3.05) is 12.4 Å². The molecular weight excluding hydrogens is 279 g/mol. The lowest BCUT2D eigenvalue weighted by atomic mass is 10.2. The molecule has 96 valence electrons. The van der Waals surface area contributed by atoms with Gasteiger partial charge < -0.3 is 0 Å². The number of hydrogen-bond acceptors (Lipinski definition) is 3. The zero-order valence-electron chi connectivity index (χ0n) is 9.23. The molecule has 0 aromatic heterocycles. The van der Waals surface area contributed by atoms with Crippen LogP contribution in [0.25, 0.3) is 0 Å². The second-order valence-corrected chi connectivity index (χ2v) is 5.25. The summed E-state index contributed by atoms with van der Waals surface area (Å²) in [5.41, 5.74) is -0.494. The molecule has 18 heavy (non-hydrogen) atoms. The molecule has 1 aromatic rings. The second-order valence-electron chi connectivity index (χ2n) is 3.20. The van der Waals surface area contributed by atoms with Crippen LogP contribution < -0.4 is 4.72 Å². The number of nitriles is 1. The monoisotopic (exact) mass is 288 g/mol. The van der Waals surface area contributed by atoms with Crippen LogP contribution in [0.1, 0.15) is 5.56 Å². The maximum Gasteiger partial charge on any atom is 0.242 e. The molecule has 0 heterocycles. The molecule has 1 aromatic carbocycles. The number of alkyl halides is 1. The fraction of sp³-hybridized carbons (Fsp3) is 0.182. The summed E-state index contributed by atoms with van der Waals surface area (Å²) in [6.45, 7) is 0.0242. The topological polar surface area (TPSA) is 70.0 Å². The van der Waals surface area contributed by atoms with Crippen LogP contribution >= 0.6 is 11.6 Å². The third-order valence-electron chi connectivity index (χ3n) is 2.02. The van der Waals surface area contributed by atoms with Gasteiger partial charge in [0.15, 0.2) is 0 Å². The van der Waals surface area contributed by atoms with Crippen molar-refractivity contribution >= 4 is 21.6 Å². The van der Waals surface area contributed by atoms with E-state index in [4.69, 9.17) is 16.9 Å². The molecule has 1 rings (SSSR count). The first kappa shape index (κ1) is 14.6. The van der Waals surface area contributed by atoms with Crippen LogP contribution in [0, 0.1) is 17.1 Å². The van der Waals surface area contributed by atoms with Gasteiger partial charge in [-0.1, -0.05) is 18.2 Å². The molecule has 0 amide bonds. The predicted octanol–water partition coefficient (Wildman–Crippen LogP) is 1.77. The molecule has 0 bridgehead atoms. The lowest BCUT2D eigenvalue weighted by Crippen LogP contribution is -2.24. The van der Waals surface area contributed by atoms with Crippen LogP contribution in [0.4, 0.5) is 4.39 Å². The van der Waals surface area contributed by atoms with E-state index in [0.29, 0.717) is 0 Å². The Balaban J connectivity index is 3.03. The number of hydrogen-bond donors (Lipinski definition) is 1. The Morgan fingerprint density at radius 1 is 1.44 bits per heavy atom. The Bertz CT molecular complexity index is 594. The Hall–Kier alpha value is -1.42. The largest absolute Gasteiger partial charge is 0.242 e. The van der Waals surface area contributed by atoms with Crippen molar-refractivity contribution in [2.45, 2.75) is 4.90 Å². The minimum Gasteiger partial charge on any atom is -0.207 e. The van der Waals surface area contributed by atoms with E-state index in [1.807, 2.05) is 0 Å². The first-order chi connectivity index (χ1) is 8.53. The number of halogens is 2. The summed E-state index contributed by atoms with van der Waals surface area (Å²) in [5, 5.41) is 8.76. The smallest absolute Gasteiger partial charge is 0.207 e.